The zero-order chi connectivity index (χ0) is 29.0. The third kappa shape index (κ3) is 6.86. The average Bonchev–Trinajstić information content (AvgIpc) is 2.87. The lowest BCUT2D eigenvalue weighted by Crippen LogP contribution is -2.03. The molecule has 206 valence electrons. The number of hydrogen-bond donors (Lipinski definition) is 0. The molecule has 0 aliphatic heterocycles. The number of alkyl halides is 3. The average molecular weight is 577 g/mol. The molecular weight excluding hydrogens is 556 g/mol. The standard InChI is InChI=1S/C31H20F8S/c1-2-3-12-40-22-7-5-19(6-8-22)20-15-25(32)23(26(33)16-20)9-4-18-13-21-17-27(34)24(10-11-31(37,38)39)30(36)29(21)28(35)14-18/h4-9,13-17H,2-3,12H2,1H3/b9-4+. The molecule has 4 rings (SSSR count). The second-order valence-electron chi connectivity index (χ2n) is 8.81. The molecule has 0 bridgehead atoms. The van der Waals surface area contributed by atoms with E-state index >= 15 is 0 Å². The maximum Gasteiger partial charge on any atom is 0.458 e. The number of fused-ring (bicyclic) bond motifs is 1. The predicted molar refractivity (Wildman–Crippen MR) is 143 cm³/mol. The van der Waals surface area contributed by atoms with Crippen LogP contribution in [0.4, 0.5) is 35.1 Å². The number of hydrogen-bond acceptors (Lipinski definition) is 1. The van der Waals surface area contributed by atoms with Crippen LogP contribution in [-0.4, -0.2) is 11.9 Å². The van der Waals surface area contributed by atoms with Gasteiger partial charge in [-0.15, -0.1) is 11.8 Å². The number of rotatable bonds is 7. The van der Waals surface area contributed by atoms with Gasteiger partial charge in [0.1, 0.15) is 23.3 Å². The fourth-order valence-corrected chi connectivity index (χ4v) is 4.94. The van der Waals surface area contributed by atoms with E-state index in [1.807, 2.05) is 12.1 Å². The predicted octanol–water partition coefficient (Wildman–Crippen LogP) is 10.2. The molecule has 40 heavy (non-hydrogen) atoms. The molecule has 0 heterocycles. The van der Waals surface area contributed by atoms with E-state index in [0.717, 1.165) is 65.8 Å². The lowest BCUT2D eigenvalue weighted by molar-refractivity contribution is -0.0696. The first-order valence-electron chi connectivity index (χ1n) is 12.1. The highest BCUT2D eigenvalue weighted by Gasteiger charge is 2.24. The van der Waals surface area contributed by atoms with Crippen LogP contribution in [0.1, 0.15) is 36.5 Å². The van der Waals surface area contributed by atoms with E-state index in [-0.39, 0.29) is 10.9 Å². The van der Waals surface area contributed by atoms with Crippen molar-refractivity contribution in [2.75, 3.05) is 5.75 Å². The Bertz CT molecular complexity index is 1620. The number of halogens is 8. The zero-order valence-electron chi connectivity index (χ0n) is 20.9. The van der Waals surface area contributed by atoms with Crippen molar-refractivity contribution < 1.29 is 35.1 Å². The molecule has 0 unspecified atom stereocenters. The molecule has 0 fully saturated rings. The minimum atomic E-state index is -5.00. The summed E-state index contributed by atoms with van der Waals surface area (Å²) in [5.74, 6) is -2.88. The summed E-state index contributed by atoms with van der Waals surface area (Å²) in [6.07, 6.45) is -0.625. The lowest BCUT2D eigenvalue weighted by atomic mass is 10.0. The molecule has 0 nitrogen and oxygen atoms in total. The highest BCUT2D eigenvalue weighted by molar-refractivity contribution is 7.99. The molecule has 0 saturated carbocycles. The van der Waals surface area contributed by atoms with Crippen LogP contribution in [0.2, 0.25) is 0 Å². The van der Waals surface area contributed by atoms with Gasteiger partial charge in [-0.05, 0) is 82.8 Å². The van der Waals surface area contributed by atoms with Crippen molar-refractivity contribution in [2.24, 2.45) is 0 Å². The number of thioether (sulfide) groups is 1. The maximum absolute atomic E-state index is 14.9. The SMILES string of the molecule is CCCCSc1ccc(-c2cc(F)c(/C=C/c3cc(F)c4c(F)c(C#CC(F)(F)F)c(F)cc4c3)c(F)c2)cc1. The Kier molecular flexibility index (Phi) is 8.89. The Hall–Kier alpha value is -3.77. The first kappa shape index (κ1) is 29.2. The van der Waals surface area contributed by atoms with Crippen LogP contribution in [0.5, 0.6) is 0 Å². The number of unbranched alkanes of at least 4 members (excludes halogenated alkanes) is 1. The quantitative estimate of drug-likeness (QED) is 0.0694. The van der Waals surface area contributed by atoms with Gasteiger partial charge >= 0.3 is 6.18 Å². The normalized spacial score (nSPS) is 11.7. The molecular formula is C31H20F8S. The second kappa shape index (κ2) is 12.2. The summed E-state index contributed by atoms with van der Waals surface area (Å²) in [5, 5.41) is -1.07. The first-order valence-corrected chi connectivity index (χ1v) is 13.1. The smallest absolute Gasteiger partial charge is 0.206 e. The molecule has 0 N–H and O–H groups in total. The fourth-order valence-electron chi connectivity index (χ4n) is 3.95. The lowest BCUT2D eigenvalue weighted by Gasteiger charge is -2.08. The van der Waals surface area contributed by atoms with E-state index in [1.165, 1.54) is 5.92 Å². The minimum absolute atomic E-state index is 0.0111. The van der Waals surface area contributed by atoms with Crippen LogP contribution in [-0.2, 0) is 0 Å². The van der Waals surface area contributed by atoms with Gasteiger partial charge in [0, 0.05) is 16.4 Å². The Morgan fingerprint density at radius 1 is 0.775 bits per heavy atom. The van der Waals surface area contributed by atoms with Gasteiger partial charge in [-0.3, -0.25) is 0 Å². The summed E-state index contributed by atoms with van der Waals surface area (Å²) in [5.41, 5.74) is -0.679. The Morgan fingerprint density at radius 2 is 1.45 bits per heavy atom. The van der Waals surface area contributed by atoms with Crippen LogP contribution in [0.15, 0.2) is 59.5 Å². The maximum atomic E-state index is 14.9. The van der Waals surface area contributed by atoms with Crippen molar-refractivity contribution in [1.82, 2.24) is 0 Å². The van der Waals surface area contributed by atoms with Crippen LogP contribution in [0, 0.1) is 40.9 Å². The van der Waals surface area contributed by atoms with Crippen molar-refractivity contribution in [2.45, 2.75) is 30.8 Å². The topological polar surface area (TPSA) is 0 Å². The third-order valence-corrected chi connectivity index (χ3v) is 7.01. The summed E-state index contributed by atoms with van der Waals surface area (Å²) in [4.78, 5) is 1.05. The van der Waals surface area contributed by atoms with Crippen LogP contribution in [0.25, 0.3) is 34.1 Å². The largest absolute Gasteiger partial charge is 0.458 e. The molecule has 4 aromatic carbocycles. The monoisotopic (exact) mass is 576 g/mol. The molecule has 0 aliphatic carbocycles. The van der Waals surface area contributed by atoms with Gasteiger partial charge in [-0.25, -0.2) is 22.0 Å². The van der Waals surface area contributed by atoms with E-state index in [2.05, 4.69) is 6.92 Å². The highest BCUT2D eigenvalue weighted by Crippen LogP contribution is 2.31. The molecule has 0 saturated heterocycles. The van der Waals surface area contributed by atoms with E-state index < -0.39 is 51.8 Å². The summed E-state index contributed by atoms with van der Waals surface area (Å²) in [6.45, 7) is 2.10. The third-order valence-electron chi connectivity index (χ3n) is 5.91. The van der Waals surface area contributed by atoms with Crippen LogP contribution in [0.3, 0.4) is 0 Å². The molecule has 0 aromatic heterocycles. The van der Waals surface area contributed by atoms with E-state index in [1.54, 1.807) is 23.9 Å². The second-order valence-corrected chi connectivity index (χ2v) is 9.98. The molecule has 9 heteroatoms. The van der Waals surface area contributed by atoms with E-state index in [9.17, 15) is 35.1 Å². The van der Waals surface area contributed by atoms with Gasteiger partial charge < -0.3 is 0 Å². The first-order chi connectivity index (χ1) is 19.0. The molecule has 4 aromatic rings. The molecule has 0 aliphatic rings. The van der Waals surface area contributed by atoms with Gasteiger partial charge in [0.25, 0.3) is 0 Å². The van der Waals surface area contributed by atoms with Gasteiger partial charge in [0.2, 0.25) is 0 Å². The summed E-state index contributed by atoms with van der Waals surface area (Å²) in [6, 6.07) is 12.2. The van der Waals surface area contributed by atoms with Crippen molar-refractivity contribution in [3.8, 4) is 23.0 Å². The highest BCUT2D eigenvalue weighted by atomic mass is 32.2. The van der Waals surface area contributed by atoms with E-state index in [0.29, 0.717) is 17.2 Å². The summed E-state index contributed by atoms with van der Waals surface area (Å²) < 4.78 is 110. The molecule has 0 spiro atoms. The molecule has 0 radical (unpaired) electrons. The van der Waals surface area contributed by atoms with Gasteiger partial charge in [-0.2, -0.15) is 13.2 Å². The van der Waals surface area contributed by atoms with Crippen LogP contribution < -0.4 is 0 Å². The van der Waals surface area contributed by atoms with Crippen molar-refractivity contribution in [3.63, 3.8) is 0 Å². The Balaban J connectivity index is 1.62. The van der Waals surface area contributed by atoms with Gasteiger partial charge in [-0.1, -0.05) is 37.5 Å². The minimum Gasteiger partial charge on any atom is -0.206 e. The summed E-state index contributed by atoms with van der Waals surface area (Å²) >= 11 is 1.70. The Morgan fingerprint density at radius 3 is 2.08 bits per heavy atom. The molecule has 0 atom stereocenters. The zero-order valence-corrected chi connectivity index (χ0v) is 21.7. The van der Waals surface area contributed by atoms with Gasteiger partial charge in [0.15, 0.2) is 5.82 Å². The van der Waals surface area contributed by atoms with Crippen molar-refractivity contribution in [3.05, 3.63) is 100 Å². The van der Waals surface area contributed by atoms with E-state index in [4.69, 9.17) is 0 Å². The van der Waals surface area contributed by atoms with Crippen molar-refractivity contribution >= 4 is 34.7 Å². The van der Waals surface area contributed by atoms with Crippen LogP contribution >= 0.6 is 11.8 Å². The Labute approximate surface area is 229 Å². The van der Waals surface area contributed by atoms with Gasteiger partial charge in [0.05, 0.1) is 10.9 Å². The number of benzene rings is 4. The summed E-state index contributed by atoms with van der Waals surface area (Å²) in [7, 11) is 0. The molecule has 0 amide bonds. The van der Waals surface area contributed by atoms with Crippen molar-refractivity contribution in [1.29, 1.82) is 0 Å². The fraction of sp³-hybridized carbons (Fsp3) is 0.161.